The van der Waals surface area contributed by atoms with Gasteiger partial charge in [0, 0.05) is 0 Å². The maximum Gasteiger partial charge on any atom is 1.00 e. The molecule has 4 heterocycles. The molecule has 0 amide bonds. The summed E-state index contributed by atoms with van der Waals surface area (Å²) in [5.41, 5.74) is 6.43. The molecule has 0 aromatic carbocycles. The zero-order chi connectivity index (χ0) is 15.5. The first-order valence-corrected chi connectivity index (χ1v) is 7.83. The van der Waals surface area contributed by atoms with Crippen LogP contribution in [0.2, 0.25) is 0 Å². The van der Waals surface area contributed by atoms with Crippen molar-refractivity contribution in [2.24, 2.45) is 0 Å². The Labute approximate surface area is 151 Å². The van der Waals surface area contributed by atoms with Gasteiger partial charge in [0.05, 0.1) is 12.9 Å². The van der Waals surface area contributed by atoms with Crippen molar-refractivity contribution in [3.05, 3.63) is 12.7 Å². The SMILES string of the molecule is Nc1ncnc2c1ncn2C1OC2COP(=O)([O-])OC2C1O.[Na+]. The second kappa shape index (κ2) is 6.03. The van der Waals surface area contributed by atoms with E-state index in [9.17, 15) is 14.6 Å². The van der Waals surface area contributed by atoms with Gasteiger partial charge in [-0.1, -0.05) is 0 Å². The number of aromatic nitrogens is 4. The minimum Gasteiger partial charge on any atom is -0.756 e. The third-order valence-corrected chi connectivity index (χ3v) is 4.59. The molecule has 118 valence electrons. The molecule has 0 aliphatic carbocycles. The first kappa shape index (κ1) is 17.2. The molecule has 11 nitrogen and oxygen atoms in total. The average molecular weight is 351 g/mol. The van der Waals surface area contributed by atoms with Gasteiger partial charge in [-0.05, 0) is 0 Å². The summed E-state index contributed by atoms with van der Waals surface area (Å²) in [7, 11) is -4.41. The van der Waals surface area contributed by atoms with E-state index in [0.29, 0.717) is 11.2 Å². The van der Waals surface area contributed by atoms with Gasteiger partial charge in [0.1, 0.15) is 30.2 Å². The Kier molecular flexibility index (Phi) is 4.51. The number of ether oxygens (including phenoxy) is 1. The quantitative estimate of drug-likeness (QED) is 0.379. The summed E-state index contributed by atoms with van der Waals surface area (Å²) in [5, 5.41) is 10.3. The number of aliphatic hydroxyl groups excluding tert-OH is 1. The van der Waals surface area contributed by atoms with Gasteiger partial charge in [0.2, 0.25) is 0 Å². The molecule has 4 rings (SSSR count). The number of nitrogens with two attached hydrogens (primary N) is 1. The van der Waals surface area contributed by atoms with Crippen molar-refractivity contribution >= 4 is 24.8 Å². The summed E-state index contributed by atoms with van der Waals surface area (Å²) in [4.78, 5) is 23.3. The summed E-state index contributed by atoms with van der Waals surface area (Å²) in [6.07, 6.45) is -1.26. The molecule has 2 aliphatic heterocycles. The van der Waals surface area contributed by atoms with Crippen molar-refractivity contribution in [2.45, 2.75) is 24.5 Å². The van der Waals surface area contributed by atoms with Crippen molar-refractivity contribution in [3.63, 3.8) is 0 Å². The molecule has 0 bridgehead atoms. The van der Waals surface area contributed by atoms with Crippen LogP contribution in [0, 0.1) is 0 Å². The summed E-state index contributed by atoms with van der Waals surface area (Å²) in [6, 6.07) is 0. The maximum absolute atomic E-state index is 11.3. The van der Waals surface area contributed by atoms with Crippen LogP contribution in [0.15, 0.2) is 12.7 Å². The fourth-order valence-electron chi connectivity index (χ4n) is 2.61. The number of anilines is 1. The standard InChI is InChI=1S/C10H12N5O6P.Na/c11-8-5-9(13-2-12-8)15(3-14-5)10-6(16)7-4(20-10)1-19-22(17,18)21-7;/h2-4,6-7,10,16H,1H2,(H,17,18)(H2,11,12,13);/q;+1/p-1. The van der Waals surface area contributed by atoms with E-state index >= 15 is 0 Å². The summed E-state index contributed by atoms with van der Waals surface area (Å²) >= 11 is 0. The normalized spacial score (nSPS) is 36.6. The number of aliphatic hydroxyl groups is 1. The zero-order valence-corrected chi connectivity index (χ0v) is 14.9. The third-order valence-electron chi connectivity index (χ3n) is 3.62. The van der Waals surface area contributed by atoms with E-state index in [1.54, 1.807) is 0 Å². The van der Waals surface area contributed by atoms with Gasteiger partial charge in [-0.3, -0.25) is 9.13 Å². The molecule has 2 aromatic heterocycles. The average Bonchev–Trinajstić information content (AvgIpc) is 3.01. The van der Waals surface area contributed by atoms with Crippen LogP contribution >= 0.6 is 7.82 Å². The Hall–Kier alpha value is -0.620. The topological polar surface area (TPSA) is 158 Å². The van der Waals surface area contributed by atoms with Crippen molar-refractivity contribution in [1.29, 1.82) is 0 Å². The Morgan fingerprint density at radius 3 is 3.00 bits per heavy atom. The van der Waals surface area contributed by atoms with Gasteiger partial charge in [0.15, 0.2) is 17.7 Å². The first-order chi connectivity index (χ1) is 10.5. The second-order valence-corrected chi connectivity index (χ2v) is 6.32. The number of phosphoric acid groups is 1. The van der Waals surface area contributed by atoms with E-state index in [1.807, 2.05) is 0 Å². The minimum atomic E-state index is -4.41. The number of phosphoric ester groups is 1. The first-order valence-electron chi connectivity index (χ1n) is 6.37. The monoisotopic (exact) mass is 351 g/mol. The largest absolute Gasteiger partial charge is 1.00 e. The molecule has 0 spiro atoms. The van der Waals surface area contributed by atoms with Crippen LogP contribution in [-0.2, 0) is 18.3 Å². The Morgan fingerprint density at radius 2 is 2.22 bits per heavy atom. The van der Waals surface area contributed by atoms with Crippen LogP contribution in [0.4, 0.5) is 5.82 Å². The van der Waals surface area contributed by atoms with Gasteiger partial charge in [-0.15, -0.1) is 0 Å². The van der Waals surface area contributed by atoms with Crippen molar-refractivity contribution in [3.8, 4) is 0 Å². The van der Waals surface area contributed by atoms with E-state index in [4.69, 9.17) is 15.0 Å². The molecule has 5 atom stereocenters. The molecule has 2 saturated heterocycles. The number of fused-ring (bicyclic) bond motifs is 2. The molecule has 2 aromatic rings. The molecule has 13 heteroatoms. The van der Waals surface area contributed by atoms with Gasteiger partial charge < -0.3 is 29.5 Å². The second-order valence-electron chi connectivity index (χ2n) is 4.95. The molecular weight excluding hydrogens is 340 g/mol. The van der Waals surface area contributed by atoms with Crippen molar-refractivity contribution < 1.29 is 57.9 Å². The number of rotatable bonds is 1. The molecular formula is C10H11N5NaO6P. The van der Waals surface area contributed by atoms with Gasteiger partial charge in [-0.2, -0.15) is 0 Å². The van der Waals surface area contributed by atoms with E-state index in [1.165, 1.54) is 17.2 Å². The van der Waals surface area contributed by atoms with E-state index < -0.39 is 32.4 Å². The Bertz CT molecular complexity index is 788. The summed E-state index contributed by atoms with van der Waals surface area (Å²) in [6.45, 7) is -0.219. The van der Waals surface area contributed by atoms with Crippen LogP contribution in [0.1, 0.15) is 6.23 Å². The van der Waals surface area contributed by atoms with Gasteiger partial charge in [0.25, 0.3) is 7.82 Å². The van der Waals surface area contributed by atoms with Crippen molar-refractivity contribution in [1.82, 2.24) is 19.5 Å². The molecule has 23 heavy (non-hydrogen) atoms. The minimum absolute atomic E-state index is 0. The number of nitrogens with zero attached hydrogens (tertiary/aromatic N) is 4. The van der Waals surface area contributed by atoms with Crippen LogP contribution in [0.25, 0.3) is 11.2 Å². The smallest absolute Gasteiger partial charge is 0.756 e. The predicted octanol–water partition coefficient (Wildman–Crippen LogP) is -4.45. The maximum atomic E-state index is 11.3. The van der Waals surface area contributed by atoms with Gasteiger partial charge in [-0.25, -0.2) is 15.0 Å². The molecule has 2 fully saturated rings. The Balaban J connectivity index is 0.00000156. The molecule has 0 radical (unpaired) electrons. The number of imidazole rings is 1. The Morgan fingerprint density at radius 1 is 1.43 bits per heavy atom. The van der Waals surface area contributed by atoms with Crippen LogP contribution < -0.4 is 40.2 Å². The molecule has 2 aliphatic rings. The molecule has 5 unspecified atom stereocenters. The van der Waals surface area contributed by atoms with Crippen LogP contribution in [-0.4, -0.2) is 49.5 Å². The van der Waals surface area contributed by atoms with Crippen LogP contribution in [0.3, 0.4) is 0 Å². The summed E-state index contributed by atoms with van der Waals surface area (Å²) in [5.74, 6) is 0.192. The van der Waals surface area contributed by atoms with Gasteiger partial charge >= 0.3 is 29.6 Å². The molecule has 0 saturated carbocycles. The number of hydrogen-bond acceptors (Lipinski definition) is 10. The molecule has 3 N–H and O–H groups in total. The summed E-state index contributed by atoms with van der Waals surface area (Å²) < 4.78 is 27.8. The van der Waals surface area contributed by atoms with E-state index in [0.717, 1.165) is 0 Å². The third kappa shape index (κ3) is 2.82. The van der Waals surface area contributed by atoms with Crippen molar-refractivity contribution in [2.75, 3.05) is 12.3 Å². The fraction of sp³-hybridized carbons (Fsp3) is 0.500. The predicted molar refractivity (Wildman–Crippen MR) is 68.1 cm³/mol. The number of nitrogen functional groups attached to an aromatic ring is 1. The van der Waals surface area contributed by atoms with Crippen LogP contribution in [0.5, 0.6) is 0 Å². The fourth-order valence-corrected chi connectivity index (χ4v) is 3.56. The zero-order valence-electron chi connectivity index (χ0n) is 12.0. The van der Waals surface area contributed by atoms with E-state index in [2.05, 4.69) is 19.5 Å². The van der Waals surface area contributed by atoms with E-state index in [-0.39, 0.29) is 42.0 Å². The number of hydrogen-bond donors (Lipinski definition) is 2.